The first-order chi connectivity index (χ1) is 5.70. The van der Waals surface area contributed by atoms with Crippen LogP contribution in [0.15, 0.2) is 28.7 Å². The molecule has 0 aliphatic heterocycles. The summed E-state index contributed by atoms with van der Waals surface area (Å²) in [5.74, 6) is -0.729. The van der Waals surface area contributed by atoms with Crippen molar-refractivity contribution in [2.75, 3.05) is 6.61 Å². The normalized spacial score (nSPS) is 8.69. The van der Waals surface area contributed by atoms with Crippen LogP contribution >= 0.6 is 15.9 Å². The van der Waals surface area contributed by atoms with Crippen molar-refractivity contribution < 1.29 is 33.5 Å². The van der Waals surface area contributed by atoms with Crippen molar-refractivity contribution in [3.63, 3.8) is 0 Å². The number of benzene rings is 1. The van der Waals surface area contributed by atoms with Crippen LogP contribution in [0, 0.1) is 0 Å². The molecule has 0 atom stereocenters. The van der Waals surface area contributed by atoms with Gasteiger partial charge in [0, 0.05) is 0 Å². The van der Waals surface area contributed by atoms with E-state index in [2.05, 4.69) is 15.9 Å². The van der Waals surface area contributed by atoms with E-state index in [-0.39, 0.29) is 18.9 Å². The van der Waals surface area contributed by atoms with Gasteiger partial charge in [0.05, 0.1) is 10.4 Å². The van der Waals surface area contributed by atoms with E-state index in [1.807, 2.05) is 6.07 Å². The Labute approximate surface area is 96.4 Å². The van der Waals surface area contributed by atoms with E-state index >= 15 is 0 Å². The molecule has 0 amide bonds. The standard InChI is InChI=1S/C8H7BrO3.Li/c9-6-3-1-2-4-7(6)12-5-8(10)11;/h1-4H,5H2,(H,10,11);/q;+1/p-1. The molecule has 1 rings (SSSR count). The molecule has 0 saturated carbocycles. The molecule has 1 aromatic carbocycles. The summed E-state index contributed by atoms with van der Waals surface area (Å²) in [6.45, 7) is -0.428. The van der Waals surface area contributed by atoms with Crippen molar-refractivity contribution in [3.8, 4) is 5.75 Å². The predicted molar refractivity (Wildman–Crippen MR) is 44.6 cm³/mol. The molecule has 0 saturated heterocycles. The quantitative estimate of drug-likeness (QED) is 0.550. The van der Waals surface area contributed by atoms with Crippen molar-refractivity contribution in [2.24, 2.45) is 0 Å². The molecule has 1 aromatic rings. The fourth-order valence-corrected chi connectivity index (χ4v) is 1.10. The third-order valence-corrected chi connectivity index (χ3v) is 1.84. The molecular formula is C8H6BrLiO3. The molecule has 0 aliphatic carbocycles. The fraction of sp³-hybridized carbons (Fsp3) is 0.125. The van der Waals surface area contributed by atoms with Crippen LogP contribution in [0.1, 0.15) is 0 Å². The second kappa shape index (κ2) is 6.09. The van der Waals surface area contributed by atoms with Crippen molar-refractivity contribution in [1.29, 1.82) is 0 Å². The molecule has 0 aromatic heterocycles. The molecule has 0 unspecified atom stereocenters. The minimum atomic E-state index is -1.23. The van der Waals surface area contributed by atoms with Crippen LogP contribution < -0.4 is 28.7 Å². The summed E-state index contributed by atoms with van der Waals surface area (Å²) in [6.07, 6.45) is 0. The van der Waals surface area contributed by atoms with Crippen LogP contribution in [0.3, 0.4) is 0 Å². The Morgan fingerprint density at radius 3 is 2.62 bits per heavy atom. The number of carboxylic acid groups (broad SMARTS) is 1. The van der Waals surface area contributed by atoms with Gasteiger partial charge in [0.25, 0.3) is 0 Å². The second-order valence-electron chi connectivity index (χ2n) is 2.09. The van der Waals surface area contributed by atoms with E-state index in [0.29, 0.717) is 5.75 Å². The van der Waals surface area contributed by atoms with Crippen molar-refractivity contribution >= 4 is 21.9 Å². The maximum atomic E-state index is 10.0. The molecule has 5 heteroatoms. The molecule has 0 bridgehead atoms. The molecule has 0 radical (unpaired) electrons. The molecule has 3 nitrogen and oxygen atoms in total. The minimum absolute atomic E-state index is 0. The summed E-state index contributed by atoms with van der Waals surface area (Å²) in [6, 6.07) is 7.02. The Hall–Kier alpha value is -0.433. The number of rotatable bonds is 3. The number of hydrogen-bond donors (Lipinski definition) is 0. The number of halogens is 1. The van der Waals surface area contributed by atoms with Gasteiger partial charge < -0.3 is 14.6 Å². The third kappa shape index (κ3) is 4.37. The Kier molecular flexibility index (Phi) is 5.88. The monoisotopic (exact) mass is 236 g/mol. The van der Waals surface area contributed by atoms with Gasteiger partial charge in [-0.2, -0.15) is 0 Å². The SMILES string of the molecule is O=C([O-])COc1ccccc1Br.[Li+]. The Morgan fingerprint density at radius 2 is 2.08 bits per heavy atom. The first kappa shape index (κ1) is 12.6. The summed E-state index contributed by atoms with van der Waals surface area (Å²) < 4.78 is 5.62. The third-order valence-electron chi connectivity index (χ3n) is 1.18. The molecule has 13 heavy (non-hydrogen) atoms. The van der Waals surface area contributed by atoms with Crippen molar-refractivity contribution in [3.05, 3.63) is 28.7 Å². The number of aliphatic carboxylic acids is 1. The predicted octanol–water partition coefficient (Wildman–Crippen LogP) is -2.42. The van der Waals surface area contributed by atoms with Crippen molar-refractivity contribution in [2.45, 2.75) is 0 Å². The minimum Gasteiger partial charge on any atom is -0.546 e. The van der Waals surface area contributed by atoms with Crippen molar-refractivity contribution in [1.82, 2.24) is 0 Å². The number of carboxylic acids is 1. The maximum Gasteiger partial charge on any atom is 1.00 e. The summed E-state index contributed by atoms with van der Waals surface area (Å²) in [7, 11) is 0. The smallest absolute Gasteiger partial charge is 0.546 e. The number of carbonyl (C=O) groups excluding carboxylic acids is 1. The number of hydrogen-bond acceptors (Lipinski definition) is 3. The Balaban J connectivity index is 0.00000144. The number of ether oxygens (including phenoxy) is 1. The van der Waals surface area contributed by atoms with Gasteiger partial charge in [-0.3, -0.25) is 0 Å². The fourth-order valence-electron chi connectivity index (χ4n) is 0.698. The second-order valence-corrected chi connectivity index (χ2v) is 2.95. The van der Waals surface area contributed by atoms with E-state index in [1.54, 1.807) is 18.2 Å². The Morgan fingerprint density at radius 1 is 1.46 bits per heavy atom. The van der Waals surface area contributed by atoms with Crippen LogP contribution in [-0.4, -0.2) is 12.6 Å². The van der Waals surface area contributed by atoms with Crippen LogP contribution in [0.2, 0.25) is 0 Å². The zero-order valence-corrected chi connectivity index (χ0v) is 8.71. The van der Waals surface area contributed by atoms with Gasteiger partial charge in [-0.05, 0) is 28.1 Å². The molecular weight excluding hydrogens is 231 g/mol. The van der Waals surface area contributed by atoms with Gasteiger partial charge in [-0.25, -0.2) is 0 Å². The average molecular weight is 237 g/mol. The molecule has 0 fully saturated rings. The number of para-hydroxylation sites is 1. The van der Waals surface area contributed by atoms with E-state index in [0.717, 1.165) is 4.47 Å². The summed E-state index contributed by atoms with van der Waals surface area (Å²) in [5.41, 5.74) is 0. The van der Waals surface area contributed by atoms with Gasteiger partial charge in [-0.1, -0.05) is 12.1 Å². The largest absolute Gasteiger partial charge is 1.00 e. The van der Waals surface area contributed by atoms with E-state index in [4.69, 9.17) is 4.74 Å². The zero-order chi connectivity index (χ0) is 8.97. The molecule has 0 N–H and O–H groups in total. The summed E-state index contributed by atoms with van der Waals surface area (Å²) in [4.78, 5) is 10.0. The van der Waals surface area contributed by atoms with Gasteiger partial charge in [0.1, 0.15) is 12.4 Å². The summed E-state index contributed by atoms with van der Waals surface area (Å²) in [5, 5.41) is 10.0. The van der Waals surface area contributed by atoms with Gasteiger partial charge >= 0.3 is 18.9 Å². The molecule has 64 valence electrons. The van der Waals surface area contributed by atoms with Crippen LogP contribution in [0.5, 0.6) is 5.75 Å². The van der Waals surface area contributed by atoms with Gasteiger partial charge in [-0.15, -0.1) is 0 Å². The van der Waals surface area contributed by atoms with E-state index < -0.39 is 12.6 Å². The molecule has 0 aliphatic rings. The van der Waals surface area contributed by atoms with Crippen LogP contribution in [0.4, 0.5) is 0 Å². The van der Waals surface area contributed by atoms with E-state index in [1.165, 1.54) is 0 Å². The first-order valence-corrected chi connectivity index (χ1v) is 4.06. The average Bonchev–Trinajstić information content (AvgIpc) is 2.03. The van der Waals surface area contributed by atoms with E-state index in [9.17, 15) is 9.90 Å². The van der Waals surface area contributed by atoms with Crippen LogP contribution in [0.25, 0.3) is 0 Å². The maximum absolute atomic E-state index is 10.0. The zero-order valence-electron chi connectivity index (χ0n) is 7.12. The van der Waals surface area contributed by atoms with Crippen LogP contribution in [-0.2, 0) is 4.79 Å². The van der Waals surface area contributed by atoms with Gasteiger partial charge in [0.2, 0.25) is 0 Å². The number of carbonyl (C=O) groups is 1. The summed E-state index contributed by atoms with van der Waals surface area (Å²) >= 11 is 3.21. The van der Waals surface area contributed by atoms with Gasteiger partial charge in [0.15, 0.2) is 0 Å². The topological polar surface area (TPSA) is 49.4 Å². The molecule has 0 heterocycles. The molecule has 0 spiro atoms. The first-order valence-electron chi connectivity index (χ1n) is 3.27. The Bertz CT molecular complexity index is 290.